The highest BCUT2D eigenvalue weighted by atomic mass is 19.1. The predicted octanol–water partition coefficient (Wildman–Crippen LogP) is 1.92. The molecule has 0 bridgehead atoms. The standard InChI is InChI=1S/C21H21F2N7O2/c1-12-6-19-25-8-16(13(2)30(19)28-12)20(31)27-14(3)21(32,9-29-11-24-10-26-29)17-5-4-15(22)7-18(17)23/h4-8,10-11,14,32H,9H2,1-3H3,(H,27,31)/t14-,21-/m1/s1. The first kappa shape index (κ1) is 21.5. The Kier molecular flexibility index (Phi) is 5.43. The second kappa shape index (κ2) is 8.08. The lowest BCUT2D eigenvalue weighted by Gasteiger charge is -2.35. The number of hydrogen-bond donors (Lipinski definition) is 2. The predicted molar refractivity (Wildman–Crippen MR) is 110 cm³/mol. The molecule has 4 rings (SSSR count). The van der Waals surface area contributed by atoms with Gasteiger partial charge in [-0.1, -0.05) is 6.07 Å². The van der Waals surface area contributed by atoms with E-state index in [-0.39, 0.29) is 17.7 Å². The Morgan fingerprint density at radius 1 is 1.28 bits per heavy atom. The van der Waals surface area contributed by atoms with Crippen LogP contribution in [0, 0.1) is 25.5 Å². The number of aromatic nitrogens is 6. The molecule has 1 aromatic carbocycles. The van der Waals surface area contributed by atoms with Crippen molar-refractivity contribution in [3.8, 4) is 0 Å². The zero-order chi connectivity index (χ0) is 23.0. The number of carbonyl (C=O) groups is 1. The fourth-order valence-corrected chi connectivity index (χ4v) is 3.64. The maximum atomic E-state index is 14.7. The van der Waals surface area contributed by atoms with Crippen molar-refractivity contribution < 1.29 is 18.7 Å². The third kappa shape index (κ3) is 3.82. The van der Waals surface area contributed by atoms with Gasteiger partial charge in [-0.15, -0.1) is 0 Å². The maximum Gasteiger partial charge on any atom is 0.255 e. The maximum absolute atomic E-state index is 14.7. The van der Waals surface area contributed by atoms with Gasteiger partial charge in [0.25, 0.3) is 5.91 Å². The Hall–Kier alpha value is -3.73. The number of aliphatic hydroxyl groups is 1. The van der Waals surface area contributed by atoms with Gasteiger partial charge in [0.15, 0.2) is 5.65 Å². The molecular weight excluding hydrogens is 420 g/mol. The average molecular weight is 441 g/mol. The van der Waals surface area contributed by atoms with Gasteiger partial charge in [0.05, 0.1) is 29.5 Å². The molecule has 0 aliphatic rings. The van der Waals surface area contributed by atoms with Crippen molar-refractivity contribution in [3.05, 3.63) is 77.3 Å². The van der Waals surface area contributed by atoms with E-state index in [4.69, 9.17) is 0 Å². The smallest absolute Gasteiger partial charge is 0.255 e. The van der Waals surface area contributed by atoms with Gasteiger partial charge in [0.2, 0.25) is 0 Å². The van der Waals surface area contributed by atoms with Gasteiger partial charge in [-0.05, 0) is 26.8 Å². The van der Waals surface area contributed by atoms with E-state index in [1.807, 2.05) is 6.92 Å². The number of halogens is 2. The number of aryl methyl sites for hydroxylation is 2. The van der Waals surface area contributed by atoms with E-state index >= 15 is 0 Å². The Morgan fingerprint density at radius 2 is 2.06 bits per heavy atom. The largest absolute Gasteiger partial charge is 0.381 e. The van der Waals surface area contributed by atoms with Crippen molar-refractivity contribution in [2.45, 2.75) is 39.0 Å². The number of nitrogens with zero attached hydrogens (tertiary/aromatic N) is 6. The minimum atomic E-state index is -1.96. The fourth-order valence-electron chi connectivity index (χ4n) is 3.64. The molecule has 4 aromatic rings. The molecule has 0 saturated heterocycles. The average Bonchev–Trinajstić information content (AvgIpc) is 3.37. The summed E-state index contributed by atoms with van der Waals surface area (Å²) in [6.07, 6.45) is 4.03. The molecule has 0 aliphatic carbocycles. The normalized spacial score (nSPS) is 14.3. The first-order valence-corrected chi connectivity index (χ1v) is 9.82. The lowest BCUT2D eigenvalue weighted by Crippen LogP contribution is -2.52. The van der Waals surface area contributed by atoms with E-state index in [1.54, 1.807) is 17.5 Å². The van der Waals surface area contributed by atoms with Gasteiger partial charge < -0.3 is 10.4 Å². The van der Waals surface area contributed by atoms with Crippen LogP contribution in [0.5, 0.6) is 0 Å². The summed E-state index contributed by atoms with van der Waals surface area (Å²) in [6, 6.07) is 3.65. The summed E-state index contributed by atoms with van der Waals surface area (Å²) in [7, 11) is 0. The summed E-state index contributed by atoms with van der Waals surface area (Å²) in [5.41, 5.74) is 0.00148. The van der Waals surface area contributed by atoms with E-state index in [2.05, 4.69) is 25.5 Å². The number of nitrogens with one attached hydrogen (secondary N) is 1. The Balaban J connectivity index is 1.69. The summed E-state index contributed by atoms with van der Waals surface area (Å²) < 4.78 is 31.0. The van der Waals surface area contributed by atoms with Gasteiger partial charge >= 0.3 is 0 Å². The number of carbonyl (C=O) groups excluding carboxylic acids is 1. The van der Waals surface area contributed by atoms with Crippen LogP contribution < -0.4 is 5.32 Å². The fraction of sp³-hybridized carbons (Fsp3) is 0.286. The van der Waals surface area contributed by atoms with E-state index < -0.39 is 29.2 Å². The third-order valence-electron chi connectivity index (χ3n) is 5.42. The molecule has 2 N–H and O–H groups in total. The van der Waals surface area contributed by atoms with Gasteiger partial charge in [-0.2, -0.15) is 10.2 Å². The first-order valence-electron chi connectivity index (χ1n) is 9.82. The van der Waals surface area contributed by atoms with E-state index in [0.29, 0.717) is 17.4 Å². The van der Waals surface area contributed by atoms with Crippen LogP contribution in [-0.4, -0.2) is 46.4 Å². The SMILES string of the molecule is Cc1cc2ncc(C(=O)N[C@H](C)[C@](O)(Cn3cncn3)c3ccc(F)cc3F)c(C)n2n1. The van der Waals surface area contributed by atoms with Crippen molar-refractivity contribution in [2.75, 3.05) is 0 Å². The van der Waals surface area contributed by atoms with Gasteiger partial charge in [0.1, 0.15) is 29.9 Å². The monoisotopic (exact) mass is 441 g/mol. The van der Waals surface area contributed by atoms with Crippen molar-refractivity contribution >= 4 is 11.6 Å². The topological polar surface area (TPSA) is 110 Å². The highest BCUT2D eigenvalue weighted by Gasteiger charge is 2.40. The van der Waals surface area contributed by atoms with Crippen LogP contribution in [0.15, 0.2) is 43.1 Å². The molecule has 3 aromatic heterocycles. The number of amides is 1. The second-order valence-electron chi connectivity index (χ2n) is 7.65. The quantitative estimate of drug-likeness (QED) is 0.473. The highest BCUT2D eigenvalue weighted by Crippen LogP contribution is 2.30. The van der Waals surface area contributed by atoms with Crippen LogP contribution in [0.4, 0.5) is 8.78 Å². The third-order valence-corrected chi connectivity index (χ3v) is 5.42. The molecule has 2 atom stereocenters. The van der Waals surface area contributed by atoms with Crippen LogP contribution in [0.25, 0.3) is 5.65 Å². The molecule has 3 heterocycles. The number of fused-ring (bicyclic) bond motifs is 1. The van der Waals surface area contributed by atoms with E-state index in [1.165, 1.54) is 30.5 Å². The van der Waals surface area contributed by atoms with Crippen LogP contribution in [0.2, 0.25) is 0 Å². The molecule has 0 aliphatic heterocycles. The molecule has 1 amide bonds. The highest BCUT2D eigenvalue weighted by molar-refractivity contribution is 5.95. The molecule has 9 nitrogen and oxygen atoms in total. The van der Waals surface area contributed by atoms with Crippen molar-refractivity contribution in [1.29, 1.82) is 0 Å². The van der Waals surface area contributed by atoms with Crippen LogP contribution in [-0.2, 0) is 12.1 Å². The lowest BCUT2D eigenvalue weighted by molar-refractivity contribution is -0.0186. The van der Waals surface area contributed by atoms with Gasteiger partial charge in [-0.25, -0.2) is 27.9 Å². The van der Waals surface area contributed by atoms with Crippen LogP contribution >= 0.6 is 0 Å². The summed E-state index contributed by atoms with van der Waals surface area (Å²) in [5.74, 6) is -2.26. The van der Waals surface area contributed by atoms with Crippen molar-refractivity contribution in [2.24, 2.45) is 0 Å². The Labute approximate surface area is 181 Å². The van der Waals surface area contributed by atoms with Gasteiger partial charge in [0, 0.05) is 23.9 Å². The molecule has 166 valence electrons. The first-order chi connectivity index (χ1) is 15.2. The minimum absolute atomic E-state index is 0.185. The molecule has 32 heavy (non-hydrogen) atoms. The van der Waals surface area contributed by atoms with Crippen molar-refractivity contribution in [1.82, 2.24) is 34.7 Å². The Bertz CT molecular complexity index is 1290. The van der Waals surface area contributed by atoms with Crippen LogP contribution in [0.1, 0.15) is 34.2 Å². The number of benzene rings is 1. The van der Waals surface area contributed by atoms with E-state index in [9.17, 15) is 18.7 Å². The summed E-state index contributed by atoms with van der Waals surface area (Å²) in [5, 5.41) is 22.5. The molecule has 0 radical (unpaired) electrons. The summed E-state index contributed by atoms with van der Waals surface area (Å²) in [6.45, 7) is 4.84. The Morgan fingerprint density at radius 3 is 2.75 bits per heavy atom. The summed E-state index contributed by atoms with van der Waals surface area (Å²) in [4.78, 5) is 21.1. The van der Waals surface area contributed by atoms with Crippen LogP contribution in [0.3, 0.4) is 0 Å². The molecule has 0 unspecified atom stereocenters. The molecular formula is C21H21F2N7O2. The zero-order valence-corrected chi connectivity index (χ0v) is 17.6. The lowest BCUT2D eigenvalue weighted by atomic mass is 9.86. The summed E-state index contributed by atoms with van der Waals surface area (Å²) >= 11 is 0. The number of hydrogen-bond acceptors (Lipinski definition) is 6. The molecule has 0 fully saturated rings. The molecule has 0 saturated carbocycles. The van der Waals surface area contributed by atoms with Crippen molar-refractivity contribution in [3.63, 3.8) is 0 Å². The second-order valence-corrected chi connectivity index (χ2v) is 7.65. The van der Waals surface area contributed by atoms with E-state index in [0.717, 1.165) is 17.8 Å². The zero-order valence-electron chi connectivity index (χ0n) is 17.6. The molecule has 11 heteroatoms. The molecule has 0 spiro atoms. The number of rotatable bonds is 6. The van der Waals surface area contributed by atoms with Gasteiger partial charge in [-0.3, -0.25) is 4.79 Å². The minimum Gasteiger partial charge on any atom is -0.381 e.